The second-order valence-electron chi connectivity index (χ2n) is 3.66. The number of halogens is 2. The predicted molar refractivity (Wildman–Crippen MR) is 68.3 cm³/mol. The van der Waals surface area contributed by atoms with Gasteiger partial charge in [0.2, 0.25) is 0 Å². The second-order valence-corrected chi connectivity index (χ2v) is 5.17. The molecule has 0 aromatic heterocycles. The molecule has 1 unspecified atom stereocenters. The van der Waals surface area contributed by atoms with Gasteiger partial charge in [-0.3, -0.25) is 4.79 Å². The highest BCUT2D eigenvalue weighted by Gasteiger charge is 2.18. The Kier molecular flexibility index (Phi) is 4.35. The molecule has 0 aliphatic rings. The van der Waals surface area contributed by atoms with Crippen molar-refractivity contribution in [3.63, 3.8) is 0 Å². The number of hydrogen-bond donors (Lipinski definition) is 0. The van der Waals surface area contributed by atoms with Crippen LogP contribution in [0.1, 0.15) is 34.8 Å². The Morgan fingerprint density at radius 1 is 1.40 bits per heavy atom. The summed E-state index contributed by atoms with van der Waals surface area (Å²) in [5.74, 6) is 0.0607. The van der Waals surface area contributed by atoms with E-state index in [1.54, 1.807) is 0 Å². The van der Waals surface area contributed by atoms with Crippen molar-refractivity contribution >= 4 is 33.3 Å². The predicted octanol–water partition coefficient (Wildman–Crippen LogP) is 4.31. The van der Waals surface area contributed by atoms with Crippen LogP contribution >= 0.6 is 27.5 Å². The molecule has 0 heterocycles. The summed E-state index contributed by atoms with van der Waals surface area (Å²) < 4.78 is 0. The molecule has 1 aromatic carbocycles. The van der Waals surface area contributed by atoms with Gasteiger partial charge in [-0.2, -0.15) is 0 Å². The molecule has 0 saturated carbocycles. The number of rotatable bonds is 3. The molecule has 1 nitrogen and oxygen atoms in total. The van der Waals surface area contributed by atoms with Gasteiger partial charge in [0, 0.05) is 5.56 Å². The zero-order valence-corrected chi connectivity index (χ0v) is 11.4. The summed E-state index contributed by atoms with van der Waals surface area (Å²) in [6, 6.07) is 3.71. The SMILES string of the molecule is CCC(Br)C(=O)c1cc(C)c(C)cc1Cl. The average molecular weight is 290 g/mol. The minimum Gasteiger partial charge on any atom is -0.293 e. The van der Waals surface area contributed by atoms with Crippen LogP contribution in [-0.4, -0.2) is 10.6 Å². The fourth-order valence-corrected chi connectivity index (χ4v) is 1.88. The summed E-state index contributed by atoms with van der Waals surface area (Å²) in [5.41, 5.74) is 2.82. The standard InChI is InChI=1S/C12H14BrClO/c1-4-10(13)12(15)9-5-7(2)8(3)6-11(9)14/h5-6,10H,4H2,1-3H3. The van der Waals surface area contributed by atoms with Gasteiger partial charge < -0.3 is 0 Å². The van der Waals surface area contributed by atoms with Crippen molar-refractivity contribution in [3.8, 4) is 0 Å². The molecule has 0 bridgehead atoms. The third-order valence-corrected chi connectivity index (χ3v) is 3.87. The van der Waals surface area contributed by atoms with E-state index < -0.39 is 0 Å². The number of hydrogen-bond acceptors (Lipinski definition) is 1. The first-order valence-corrected chi connectivity index (χ1v) is 6.21. The lowest BCUT2D eigenvalue weighted by Gasteiger charge is -2.10. The highest BCUT2D eigenvalue weighted by Crippen LogP contribution is 2.24. The monoisotopic (exact) mass is 288 g/mol. The number of benzene rings is 1. The molecule has 15 heavy (non-hydrogen) atoms. The highest BCUT2D eigenvalue weighted by molar-refractivity contribution is 9.10. The maximum Gasteiger partial charge on any atom is 0.177 e. The van der Waals surface area contributed by atoms with Gasteiger partial charge in [0.25, 0.3) is 0 Å². The summed E-state index contributed by atoms with van der Waals surface area (Å²) in [7, 11) is 0. The smallest absolute Gasteiger partial charge is 0.177 e. The van der Waals surface area contributed by atoms with Gasteiger partial charge in [-0.05, 0) is 43.5 Å². The van der Waals surface area contributed by atoms with E-state index in [-0.39, 0.29) is 10.6 Å². The number of carbonyl (C=O) groups is 1. The van der Waals surface area contributed by atoms with E-state index in [9.17, 15) is 4.79 Å². The zero-order chi connectivity index (χ0) is 11.6. The van der Waals surface area contributed by atoms with Crippen molar-refractivity contribution in [2.24, 2.45) is 0 Å². The molecule has 1 rings (SSSR count). The van der Waals surface area contributed by atoms with Crippen LogP contribution in [0.3, 0.4) is 0 Å². The van der Waals surface area contributed by atoms with Gasteiger partial charge >= 0.3 is 0 Å². The number of ketones is 1. The Hall–Kier alpha value is -0.340. The third-order valence-electron chi connectivity index (χ3n) is 2.49. The summed E-state index contributed by atoms with van der Waals surface area (Å²) in [5, 5.41) is 0.543. The summed E-state index contributed by atoms with van der Waals surface area (Å²) in [6.07, 6.45) is 0.766. The molecule has 0 N–H and O–H groups in total. The normalized spacial score (nSPS) is 12.6. The van der Waals surface area contributed by atoms with Gasteiger partial charge in [-0.1, -0.05) is 34.5 Å². The van der Waals surface area contributed by atoms with Gasteiger partial charge in [-0.25, -0.2) is 0 Å². The second kappa shape index (κ2) is 5.13. The van der Waals surface area contributed by atoms with Gasteiger partial charge in [0.15, 0.2) is 5.78 Å². The fraction of sp³-hybridized carbons (Fsp3) is 0.417. The Morgan fingerprint density at radius 3 is 2.47 bits per heavy atom. The third kappa shape index (κ3) is 2.82. The molecule has 0 aliphatic carbocycles. The molecule has 1 aromatic rings. The number of alkyl halides is 1. The maximum atomic E-state index is 11.9. The maximum absolute atomic E-state index is 11.9. The largest absolute Gasteiger partial charge is 0.293 e. The minimum atomic E-state index is -0.142. The van der Waals surface area contributed by atoms with Crippen LogP contribution in [0.4, 0.5) is 0 Å². The van der Waals surface area contributed by atoms with E-state index in [0.29, 0.717) is 10.6 Å². The highest BCUT2D eigenvalue weighted by atomic mass is 79.9. The van der Waals surface area contributed by atoms with E-state index in [1.165, 1.54) is 0 Å². The Balaban J connectivity index is 3.15. The minimum absolute atomic E-state index is 0.0607. The van der Waals surface area contributed by atoms with Gasteiger partial charge in [-0.15, -0.1) is 0 Å². The first kappa shape index (κ1) is 12.7. The van der Waals surface area contributed by atoms with Crippen molar-refractivity contribution in [1.82, 2.24) is 0 Å². The summed E-state index contributed by atoms with van der Waals surface area (Å²) in [4.78, 5) is 11.8. The van der Waals surface area contributed by atoms with Crippen molar-refractivity contribution in [2.75, 3.05) is 0 Å². The molecule has 82 valence electrons. The van der Waals surface area contributed by atoms with E-state index >= 15 is 0 Å². The van der Waals surface area contributed by atoms with Crippen LogP contribution in [0.25, 0.3) is 0 Å². The molecule has 1 atom stereocenters. The molecular weight excluding hydrogens is 275 g/mol. The Morgan fingerprint density at radius 2 is 1.93 bits per heavy atom. The molecule has 3 heteroatoms. The van der Waals surface area contributed by atoms with Crippen molar-refractivity contribution in [2.45, 2.75) is 32.0 Å². The van der Waals surface area contributed by atoms with Crippen LogP contribution in [0.5, 0.6) is 0 Å². The van der Waals surface area contributed by atoms with Crippen molar-refractivity contribution in [1.29, 1.82) is 0 Å². The lowest BCUT2D eigenvalue weighted by molar-refractivity contribution is 0.0990. The van der Waals surface area contributed by atoms with Crippen LogP contribution in [0, 0.1) is 13.8 Å². The Labute approximate surface area is 104 Å². The zero-order valence-electron chi connectivity index (χ0n) is 9.10. The van der Waals surface area contributed by atoms with Crippen LogP contribution in [0.15, 0.2) is 12.1 Å². The van der Waals surface area contributed by atoms with E-state index in [2.05, 4.69) is 15.9 Å². The van der Waals surface area contributed by atoms with Crippen molar-refractivity contribution < 1.29 is 4.79 Å². The van der Waals surface area contributed by atoms with Crippen molar-refractivity contribution in [3.05, 3.63) is 33.8 Å². The van der Waals surface area contributed by atoms with E-state index in [0.717, 1.165) is 17.5 Å². The number of aryl methyl sites for hydroxylation is 2. The van der Waals surface area contributed by atoms with Crippen LogP contribution < -0.4 is 0 Å². The molecule has 0 radical (unpaired) electrons. The fourth-order valence-electron chi connectivity index (χ4n) is 1.32. The molecule has 0 aliphatic heterocycles. The topological polar surface area (TPSA) is 17.1 Å². The molecular formula is C12H14BrClO. The first-order chi connectivity index (χ1) is 6.97. The Bertz CT molecular complexity index is 387. The van der Waals surface area contributed by atoms with Crippen LogP contribution in [-0.2, 0) is 0 Å². The van der Waals surface area contributed by atoms with E-state index in [1.807, 2.05) is 32.9 Å². The lowest BCUT2D eigenvalue weighted by atomic mass is 10.0. The van der Waals surface area contributed by atoms with Gasteiger partial charge in [0.05, 0.1) is 9.85 Å². The lowest BCUT2D eigenvalue weighted by Crippen LogP contribution is -2.13. The molecule has 0 fully saturated rings. The average Bonchev–Trinajstić information content (AvgIpc) is 2.21. The van der Waals surface area contributed by atoms with E-state index in [4.69, 9.17) is 11.6 Å². The number of carbonyl (C=O) groups excluding carboxylic acids is 1. The first-order valence-electron chi connectivity index (χ1n) is 4.92. The molecule has 0 amide bonds. The molecule has 0 saturated heterocycles. The summed E-state index contributed by atoms with van der Waals surface area (Å²) in [6.45, 7) is 5.94. The summed E-state index contributed by atoms with van der Waals surface area (Å²) >= 11 is 9.40. The van der Waals surface area contributed by atoms with Gasteiger partial charge in [0.1, 0.15) is 0 Å². The molecule has 0 spiro atoms. The van der Waals surface area contributed by atoms with Crippen LogP contribution in [0.2, 0.25) is 5.02 Å². The quantitative estimate of drug-likeness (QED) is 0.598. The number of Topliss-reactive ketones (excluding diaryl/α,β-unsaturated/α-hetero) is 1.